The molecule has 4 aromatic heterocycles. The molecule has 0 spiro atoms. The van der Waals surface area contributed by atoms with Crippen molar-refractivity contribution in [1.29, 1.82) is 0 Å². The molecule has 6 aromatic rings. The quantitative estimate of drug-likeness (QED) is 0.172. The lowest BCUT2D eigenvalue weighted by Gasteiger charge is -2.16. The van der Waals surface area contributed by atoms with Crippen molar-refractivity contribution in [2.24, 2.45) is 0 Å². The minimum atomic E-state index is -0.719. The number of fused-ring (bicyclic) bond motifs is 5. The first-order valence-corrected chi connectivity index (χ1v) is 17.4. The number of H-pyrrole nitrogens is 1. The van der Waals surface area contributed by atoms with E-state index < -0.39 is 5.76 Å². The first-order valence-electron chi connectivity index (χ1n) is 16.6. The lowest BCUT2D eigenvalue weighted by atomic mass is 9.93. The van der Waals surface area contributed by atoms with E-state index in [4.69, 9.17) is 19.1 Å². The molecular formula is C37H30F2N6O4S. The normalized spacial score (nSPS) is 17.7. The van der Waals surface area contributed by atoms with Crippen LogP contribution in [0.4, 0.5) is 14.6 Å². The molecule has 1 fully saturated rings. The molecule has 2 N–H and O–H groups in total. The van der Waals surface area contributed by atoms with Gasteiger partial charge in [0.1, 0.15) is 11.6 Å². The minimum Gasteiger partial charge on any atom is -0.493 e. The van der Waals surface area contributed by atoms with Crippen LogP contribution >= 0.6 is 11.3 Å². The summed E-state index contributed by atoms with van der Waals surface area (Å²) in [5.74, 6) is -0.523. The number of aromatic amines is 1. The zero-order valence-corrected chi connectivity index (χ0v) is 27.7. The standard InChI is InChI=1S/C37H30F2N6O4S/c1-48-32-22-10-13-24(21(22)9-11-23(32)39)42-34-33-19(14-15-40-34)17-27(50-33)29-28(35-43-44-37(47)49-35)25(12-6-18-4-7-20(38)8-5-18)41-31-26-3-2-16-45(26)36(46)30(29)31/h4-5,7-9,11,14-15,17,24,26H,2-3,6,10,12-13,16H2,1H3,(H,40,42)(H,44,47)/t24-,26+/m1/s1. The lowest BCUT2D eigenvalue weighted by Crippen LogP contribution is -2.22. The van der Waals surface area contributed by atoms with Gasteiger partial charge in [0, 0.05) is 28.7 Å². The number of methoxy groups -OCH3 is 1. The maximum Gasteiger partial charge on any atom is 0.434 e. The number of amides is 1. The number of benzene rings is 2. The molecule has 0 saturated carbocycles. The fraction of sp³-hybridized carbons (Fsp3) is 0.270. The summed E-state index contributed by atoms with van der Waals surface area (Å²) in [5, 5.41) is 11.1. The van der Waals surface area contributed by atoms with Gasteiger partial charge in [-0.05, 0) is 85.4 Å². The van der Waals surface area contributed by atoms with Crippen LogP contribution in [0.25, 0.3) is 32.0 Å². The Labute approximate surface area is 288 Å². The van der Waals surface area contributed by atoms with Gasteiger partial charge in [-0.15, -0.1) is 16.4 Å². The van der Waals surface area contributed by atoms with Crippen LogP contribution in [-0.4, -0.2) is 44.6 Å². The van der Waals surface area contributed by atoms with Crippen molar-refractivity contribution in [3.63, 3.8) is 0 Å². The van der Waals surface area contributed by atoms with Crippen molar-refractivity contribution in [3.8, 4) is 27.6 Å². The maximum absolute atomic E-state index is 14.5. The van der Waals surface area contributed by atoms with Crippen LogP contribution in [0.3, 0.4) is 0 Å². The zero-order chi connectivity index (χ0) is 34.1. The van der Waals surface area contributed by atoms with Gasteiger partial charge in [0.25, 0.3) is 11.8 Å². The number of thiophene rings is 1. The van der Waals surface area contributed by atoms with Crippen molar-refractivity contribution >= 4 is 33.1 Å². The third kappa shape index (κ3) is 4.90. The first kappa shape index (κ1) is 30.6. The highest BCUT2D eigenvalue weighted by atomic mass is 32.1. The predicted molar refractivity (Wildman–Crippen MR) is 183 cm³/mol. The largest absolute Gasteiger partial charge is 0.493 e. The molecule has 1 amide bonds. The van der Waals surface area contributed by atoms with E-state index in [1.807, 2.05) is 17.0 Å². The molecule has 0 radical (unpaired) electrons. The van der Waals surface area contributed by atoms with Crippen LogP contribution in [0, 0.1) is 11.6 Å². The highest BCUT2D eigenvalue weighted by molar-refractivity contribution is 7.23. The molecule has 252 valence electrons. The highest BCUT2D eigenvalue weighted by Gasteiger charge is 2.45. The zero-order valence-electron chi connectivity index (χ0n) is 26.9. The van der Waals surface area contributed by atoms with Gasteiger partial charge in [-0.3, -0.25) is 9.78 Å². The van der Waals surface area contributed by atoms with Gasteiger partial charge in [-0.25, -0.2) is 23.7 Å². The number of carbonyl (C=O) groups is 1. The molecule has 10 nitrogen and oxygen atoms in total. The summed E-state index contributed by atoms with van der Waals surface area (Å²) in [7, 11) is 1.48. The molecule has 2 atom stereocenters. The van der Waals surface area contributed by atoms with Crippen LogP contribution < -0.4 is 15.8 Å². The number of aryl methyl sites for hydroxylation is 2. The summed E-state index contributed by atoms with van der Waals surface area (Å²) in [5.41, 5.74) is 5.69. The minimum absolute atomic E-state index is 0.0481. The van der Waals surface area contributed by atoms with E-state index in [1.165, 1.54) is 36.6 Å². The van der Waals surface area contributed by atoms with Gasteiger partial charge in [0.05, 0.1) is 46.4 Å². The number of carbonyl (C=O) groups excluding carboxylic acids is 1. The molecule has 1 saturated heterocycles. The molecule has 3 aliphatic rings. The van der Waals surface area contributed by atoms with Gasteiger partial charge in [0.15, 0.2) is 11.6 Å². The van der Waals surface area contributed by atoms with E-state index in [0.717, 1.165) is 56.6 Å². The summed E-state index contributed by atoms with van der Waals surface area (Å²) in [6.45, 7) is 0.638. The molecule has 6 heterocycles. The second-order valence-electron chi connectivity index (χ2n) is 12.8. The average Bonchev–Trinajstić information content (AvgIpc) is 3.96. The summed E-state index contributed by atoms with van der Waals surface area (Å²) < 4.78 is 40.0. The van der Waals surface area contributed by atoms with Gasteiger partial charge in [-0.1, -0.05) is 18.2 Å². The number of pyridine rings is 2. The smallest absolute Gasteiger partial charge is 0.434 e. The summed E-state index contributed by atoms with van der Waals surface area (Å²) >= 11 is 1.48. The van der Waals surface area contributed by atoms with Crippen molar-refractivity contribution < 1.29 is 22.7 Å². The number of halogens is 2. The Morgan fingerprint density at radius 1 is 1.06 bits per heavy atom. The third-order valence-corrected chi connectivity index (χ3v) is 11.2. The Morgan fingerprint density at radius 3 is 2.72 bits per heavy atom. The first-order chi connectivity index (χ1) is 24.4. The molecule has 2 aromatic carbocycles. The molecular weight excluding hydrogens is 663 g/mol. The maximum atomic E-state index is 14.5. The Hall–Kier alpha value is -5.43. The fourth-order valence-electron chi connectivity index (χ4n) is 7.83. The number of nitrogens with one attached hydrogen (secondary N) is 2. The van der Waals surface area contributed by atoms with Crippen molar-refractivity contribution in [2.75, 3.05) is 19.0 Å². The van der Waals surface area contributed by atoms with Gasteiger partial charge in [0.2, 0.25) is 0 Å². The van der Waals surface area contributed by atoms with Crippen molar-refractivity contribution in [1.82, 2.24) is 25.1 Å². The Bertz CT molecular complexity index is 2390. The van der Waals surface area contributed by atoms with Crippen molar-refractivity contribution in [3.05, 3.63) is 111 Å². The second-order valence-corrected chi connectivity index (χ2v) is 13.9. The molecule has 50 heavy (non-hydrogen) atoms. The van der Waals surface area contributed by atoms with Crippen LogP contribution in [-0.2, 0) is 19.3 Å². The number of ether oxygens (including phenoxy) is 1. The fourth-order valence-corrected chi connectivity index (χ4v) is 8.99. The summed E-state index contributed by atoms with van der Waals surface area (Å²) in [4.78, 5) is 39.0. The van der Waals surface area contributed by atoms with Gasteiger partial charge in [-0.2, -0.15) is 0 Å². The number of hydrogen-bond donors (Lipinski definition) is 2. The second kappa shape index (κ2) is 11.9. The van der Waals surface area contributed by atoms with E-state index in [2.05, 4.69) is 15.5 Å². The van der Waals surface area contributed by atoms with E-state index >= 15 is 0 Å². The predicted octanol–water partition coefficient (Wildman–Crippen LogP) is 7.16. The summed E-state index contributed by atoms with van der Waals surface area (Å²) in [6, 6.07) is 13.3. The lowest BCUT2D eigenvalue weighted by molar-refractivity contribution is 0.0776. The van der Waals surface area contributed by atoms with E-state index in [9.17, 15) is 18.4 Å². The molecule has 9 rings (SSSR count). The average molecular weight is 693 g/mol. The number of anilines is 1. The third-order valence-electron chi connectivity index (χ3n) is 10.1. The number of rotatable bonds is 8. The Morgan fingerprint density at radius 2 is 1.92 bits per heavy atom. The van der Waals surface area contributed by atoms with Crippen LogP contribution in [0.15, 0.2) is 63.9 Å². The number of aromatic nitrogens is 4. The van der Waals surface area contributed by atoms with E-state index in [1.54, 1.807) is 24.4 Å². The highest BCUT2D eigenvalue weighted by Crippen LogP contribution is 2.50. The van der Waals surface area contributed by atoms with E-state index in [-0.39, 0.29) is 41.3 Å². The molecule has 2 aliphatic heterocycles. The molecule has 13 heteroatoms. The monoisotopic (exact) mass is 692 g/mol. The Kier molecular flexibility index (Phi) is 7.27. The van der Waals surface area contributed by atoms with Gasteiger partial charge < -0.3 is 19.4 Å². The number of nitrogens with zero attached hydrogens (tertiary/aromatic N) is 4. The number of hydrogen-bond acceptors (Lipinski definition) is 9. The van der Waals surface area contributed by atoms with Crippen LogP contribution in [0.1, 0.15) is 69.8 Å². The van der Waals surface area contributed by atoms with Gasteiger partial charge >= 0.3 is 5.76 Å². The van der Waals surface area contributed by atoms with E-state index in [0.29, 0.717) is 54.0 Å². The molecule has 1 aliphatic carbocycles. The molecule has 0 unspecified atom stereocenters. The summed E-state index contributed by atoms with van der Waals surface area (Å²) in [6.07, 6.45) is 5.82. The SMILES string of the molecule is COc1c(F)ccc2c1CC[C@H]2Nc1nccc2cc(-c3c4c(nc(CCc5ccc(F)cc5)c3-c3n[nH]c(=O)o3)[C@@H]3CCCN3C4=O)sc12. The Balaban J connectivity index is 1.20. The topological polar surface area (TPSA) is 126 Å². The van der Waals surface area contributed by atoms with Crippen molar-refractivity contribution in [2.45, 2.75) is 50.6 Å². The van der Waals surface area contributed by atoms with Crippen LogP contribution in [0.5, 0.6) is 5.75 Å². The molecule has 0 bridgehead atoms. The van der Waals surface area contributed by atoms with Crippen LogP contribution in [0.2, 0.25) is 0 Å².